The second kappa shape index (κ2) is 5.70. The van der Waals surface area contributed by atoms with Crippen LogP contribution in [-0.2, 0) is 14.6 Å². The number of aliphatic carboxylic acids is 1. The lowest BCUT2D eigenvalue weighted by molar-refractivity contribution is -0.198. The number of halogens is 3. The molecule has 5 nitrogen and oxygen atoms in total. The van der Waals surface area contributed by atoms with E-state index in [0.29, 0.717) is 0 Å². The third kappa shape index (κ3) is 4.41. The molecule has 0 saturated carbocycles. The topological polar surface area (TPSA) is 80.7 Å². The van der Waals surface area contributed by atoms with E-state index in [2.05, 4.69) is 0 Å². The van der Waals surface area contributed by atoms with E-state index in [-0.39, 0.29) is 10.6 Å². The molecule has 0 aliphatic rings. The number of carbonyl (C=O) groups is 1. The van der Waals surface area contributed by atoms with Crippen molar-refractivity contribution in [2.45, 2.75) is 11.1 Å². The molecular weight excluding hydrogens is 301 g/mol. The van der Waals surface area contributed by atoms with Crippen molar-refractivity contribution in [1.82, 2.24) is 0 Å². The molecule has 1 N–H and O–H groups in total. The summed E-state index contributed by atoms with van der Waals surface area (Å²) in [7, 11) is -3.53. The number of sulfone groups is 1. The van der Waals surface area contributed by atoms with Gasteiger partial charge in [0.15, 0.2) is 15.8 Å². The van der Waals surface area contributed by atoms with Crippen LogP contribution in [0.1, 0.15) is 0 Å². The lowest BCUT2D eigenvalue weighted by Gasteiger charge is -2.16. The molecule has 1 rings (SSSR count). The Labute approximate surface area is 112 Å². The first-order valence-electron chi connectivity index (χ1n) is 5.24. The maximum atomic E-state index is 12.4. The molecule has 1 aromatic rings. The normalized spacial score (nSPS) is 13.8. The molecule has 0 heterocycles. The predicted molar refractivity (Wildman–Crippen MR) is 62.2 cm³/mol. The highest BCUT2D eigenvalue weighted by Crippen LogP contribution is 2.27. The number of rotatable bonds is 5. The molecule has 0 aromatic heterocycles. The van der Waals surface area contributed by atoms with Crippen LogP contribution in [0.15, 0.2) is 29.2 Å². The lowest BCUT2D eigenvalue weighted by Crippen LogP contribution is -2.35. The van der Waals surface area contributed by atoms with Gasteiger partial charge in [-0.2, -0.15) is 13.2 Å². The van der Waals surface area contributed by atoms with Crippen LogP contribution in [0.3, 0.4) is 0 Å². The van der Waals surface area contributed by atoms with E-state index in [9.17, 15) is 26.4 Å². The minimum atomic E-state index is -4.94. The largest absolute Gasteiger partial charge is 0.492 e. The fourth-order valence-electron chi connectivity index (χ4n) is 1.28. The standard InChI is InChI=1S/C11H11F3O5S/c1-20(17,18)8-4-2-3-7(5-8)19-6-9(10(15)16)11(12,13)14/h2-5,9H,6H2,1H3,(H,15,16). The van der Waals surface area contributed by atoms with Gasteiger partial charge in [0.25, 0.3) is 0 Å². The molecule has 112 valence electrons. The Morgan fingerprint density at radius 3 is 2.45 bits per heavy atom. The number of hydrogen-bond acceptors (Lipinski definition) is 4. The number of carboxylic acids is 1. The smallest absolute Gasteiger partial charge is 0.405 e. The minimum Gasteiger partial charge on any atom is -0.492 e. The van der Waals surface area contributed by atoms with E-state index in [0.717, 1.165) is 12.3 Å². The summed E-state index contributed by atoms with van der Waals surface area (Å²) < 4.78 is 64.4. The molecule has 9 heteroatoms. The van der Waals surface area contributed by atoms with Gasteiger partial charge in [-0.3, -0.25) is 4.79 Å². The summed E-state index contributed by atoms with van der Waals surface area (Å²) >= 11 is 0. The van der Waals surface area contributed by atoms with E-state index >= 15 is 0 Å². The predicted octanol–water partition coefficient (Wildman–Crippen LogP) is 1.73. The highest BCUT2D eigenvalue weighted by atomic mass is 32.2. The van der Waals surface area contributed by atoms with Crippen molar-refractivity contribution >= 4 is 15.8 Å². The first-order chi connectivity index (χ1) is 9.01. The molecule has 0 saturated heterocycles. The van der Waals surface area contributed by atoms with E-state index in [4.69, 9.17) is 9.84 Å². The molecule has 20 heavy (non-hydrogen) atoms. The van der Waals surface area contributed by atoms with Crippen LogP contribution in [0.5, 0.6) is 5.75 Å². The third-order valence-corrected chi connectivity index (χ3v) is 3.45. The van der Waals surface area contributed by atoms with Gasteiger partial charge in [-0.1, -0.05) is 6.07 Å². The van der Waals surface area contributed by atoms with Crippen LogP contribution in [0.25, 0.3) is 0 Å². The molecule has 1 unspecified atom stereocenters. The second-order valence-electron chi connectivity index (χ2n) is 3.99. The van der Waals surface area contributed by atoms with Gasteiger partial charge in [0.2, 0.25) is 0 Å². The molecule has 1 aromatic carbocycles. The summed E-state index contributed by atoms with van der Waals surface area (Å²) in [4.78, 5) is 10.4. The quantitative estimate of drug-likeness (QED) is 0.895. The van der Waals surface area contributed by atoms with Crippen LogP contribution < -0.4 is 4.74 Å². The summed E-state index contributed by atoms with van der Waals surface area (Å²) in [6.45, 7) is -1.13. The van der Waals surface area contributed by atoms with Crippen LogP contribution >= 0.6 is 0 Å². The Morgan fingerprint density at radius 2 is 2.00 bits per heavy atom. The SMILES string of the molecule is CS(=O)(=O)c1cccc(OCC(C(=O)O)C(F)(F)F)c1. The van der Waals surface area contributed by atoms with Crippen molar-refractivity contribution in [2.24, 2.45) is 5.92 Å². The average molecular weight is 312 g/mol. The average Bonchev–Trinajstić information content (AvgIpc) is 2.26. The number of alkyl halides is 3. The number of benzene rings is 1. The molecule has 0 aliphatic carbocycles. The van der Waals surface area contributed by atoms with Crippen LogP contribution in [0.2, 0.25) is 0 Å². The van der Waals surface area contributed by atoms with Gasteiger partial charge in [-0.15, -0.1) is 0 Å². The Hall–Kier alpha value is -1.77. The maximum absolute atomic E-state index is 12.4. The monoisotopic (exact) mass is 312 g/mol. The minimum absolute atomic E-state index is 0.131. The van der Waals surface area contributed by atoms with Crippen LogP contribution in [0, 0.1) is 5.92 Å². The first kappa shape index (κ1) is 16.3. The van der Waals surface area contributed by atoms with Gasteiger partial charge in [0.05, 0.1) is 4.90 Å². The molecule has 1 atom stereocenters. The lowest BCUT2D eigenvalue weighted by atomic mass is 10.1. The molecule has 0 fully saturated rings. The van der Waals surface area contributed by atoms with Crippen molar-refractivity contribution in [1.29, 1.82) is 0 Å². The van der Waals surface area contributed by atoms with Gasteiger partial charge >= 0.3 is 12.1 Å². The maximum Gasteiger partial charge on any atom is 0.405 e. The summed E-state index contributed by atoms with van der Waals surface area (Å²) in [5.74, 6) is -4.88. The van der Waals surface area contributed by atoms with Gasteiger partial charge in [0, 0.05) is 6.26 Å². The second-order valence-corrected chi connectivity index (χ2v) is 6.01. The summed E-state index contributed by atoms with van der Waals surface area (Å²) in [6.07, 6.45) is -4.01. The van der Waals surface area contributed by atoms with Gasteiger partial charge in [-0.05, 0) is 18.2 Å². The highest BCUT2D eigenvalue weighted by Gasteiger charge is 2.45. The molecule has 0 amide bonds. The third-order valence-electron chi connectivity index (χ3n) is 2.34. The highest BCUT2D eigenvalue weighted by molar-refractivity contribution is 7.90. The first-order valence-corrected chi connectivity index (χ1v) is 7.13. The van der Waals surface area contributed by atoms with E-state index in [1.165, 1.54) is 18.2 Å². The van der Waals surface area contributed by atoms with Crippen molar-refractivity contribution in [3.05, 3.63) is 24.3 Å². The van der Waals surface area contributed by atoms with Crippen molar-refractivity contribution < 1.29 is 36.2 Å². The number of carboxylic acid groups (broad SMARTS) is 1. The zero-order chi connectivity index (χ0) is 15.6. The van der Waals surface area contributed by atoms with Crippen LogP contribution in [-0.4, -0.2) is 38.5 Å². The molecule has 0 radical (unpaired) electrons. The van der Waals surface area contributed by atoms with E-state index < -0.39 is 34.5 Å². The van der Waals surface area contributed by atoms with Crippen LogP contribution in [0.4, 0.5) is 13.2 Å². The Bertz CT molecular complexity index is 594. The summed E-state index contributed by atoms with van der Waals surface area (Å²) in [5, 5.41) is 8.47. The molecule has 0 aliphatic heterocycles. The summed E-state index contributed by atoms with van der Waals surface area (Å²) in [6, 6.07) is 4.81. The van der Waals surface area contributed by atoms with Gasteiger partial charge < -0.3 is 9.84 Å². The number of ether oxygens (including phenoxy) is 1. The molecule has 0 spiro atoms. The Balaban J connectivity index is 2.87. The number of hydrogen-bond donors (Lipinski definition) is 1. The molecular formula is C11H11F3O5S. The Kier molecular flexibility index (Phi) is 4.64. The Morgan fingerprint density at radius 1 is 1.40 bits per heavy atom. The van der Waals surface area contributed by atoms with Crippen molar-refractivity contribution in [3.63, 3.8) is 0 Å². The van der Waals surface area contributed by atoms with Crippen molar-refractivity contribution in [3.8, 4) is 5.75 Å². The van der Waals surface area contributed by atoms with E-state index in [1.807, 2.05) is 0 Å². The van der Waals surface area contributed by atoms with E-state index in [1.54, 1.807) is 0 Å². The van der Waals surface area contributed by atoms with Crippen molar-refractivity contribution in [2.75, 3.05) is 12.9 Å². The van der Waals surface area contributed by atoms with Gasteiger partial charge in [0.1, 0.15) is 12.4 Å². The fraction of sp³-hybridized carbons (Fsp3) is 0.364. The molecule has 0 bridgehead atoms. The summed E-state index contributed by atoms with van der Waals surface area (Å²) in [5.41, 5.74) is 0. The fourth-order valence-corrected chi connectivity index (χ4v) is 1.94. The van der Waals surface area contributed by atoms with Gasteiger partial charge in [-0.25, -0.2) is 8.42 Å². The zero-order valence-corrected chi connectivity index (χ0v) is 11.0. The zero-order valence-electron chi connectivity index (χ0n) is 10.2.